The van der Waals surface area contributed by atoms with Crippen LogP contribution >= 0.6 is 0 Å². The lowest BCUT2D eigenvalue weighted by molar-refractivity contribution is -0.385. The van der Waals surface area contributed by atoms with Gasteiger partial charge in [-0.25, -0.2) is 0 Å². The zero-order valence-electron chi connectivity index (χ0n) is 11.4. The second-order valence-corrected chi connectivity index (χ2v) is 4.48. The van der Waals surface area contributed by atoms with Crippen molar-refractivity contribution in [3.63, 3.8) is 0 Å². The van der Waals surface area contributed by atoms with Crippen molar-refractivity contribution in [1.29, 1.82) is 0 Å². The van der Waals surface area contributed by atoms with Crippen LogP contribution in [0.4, 0.5) is 17.1 Å². The molecule has 0 radical (unpaired) electrons. The Hall–Kier alpha value is -2.69. The zero-order valence-corrected chi connectivity index (χ0v) is 11.4. The molecule has 0 aliphatic carbocycles. The molecule has 0 aliphatic rings. The van der Waals surface area contributed by atoms with E-state index in [-0.39, 0.29) is 5.69 Å². The lowest BCUT2D eigenvalue weighted by atomic mass is 10.2. The lowest BCUT2D eigenvalue weighted by Crippen LogP contribution is -2.07. The summed E-state index contributed by atoms with van der Waals surface area (Å²) >= 11 is 0. The molecule has 0 heterocycles. The minimum absolute atomic E-state index is 0.0566. The number of nitro groups is 1. The van der Waals surface area contributed by atoms with E-state index in [1.807, 2.05) is 43.3 Å². The van der Waals surface area contributed by atoms with E-state index in [2.05, 4.69) is 4.99 Å². The first-order valence-corrected chi connectivity index (χ1v) is 6.13. The molecule has 0 saturated carbocycles. The van der Waals surface area contributed by atoms with Gasteiger partial charge in [0, 0.05) is 32.1 Å². The van der Waals surface area contributed by atoms with Gasteiger partial charge < -0.3 is 4.90 Å². The zero-order chi connectivity index (χ0) is 14.5. The molecular formula is C15H15N3O2. The quantitative estimate of drug-likeness (QED) is 0.485. The number of aliphatic imine (C=N–C) groups is 1. The second kappa shape index (κ2) is 5.97. The number of para-hydroxylation sites is 1. The molecular weight excluding hydrogens is 254 g/mol. The van der Waals surface area contributed by atoms with Crippen molar-refractivity contribution in [3.05, 3.63) is 64.2 Å². The predicted molar refractivity (Wildman–Crippen MR) is 81.1 cm³/mol. The van der Waals surface area contributed by atoms with E-state index in [0.29, 0.717) is 5.56 Å². The third-order valence-corrected chi connectivity index (χ3v) is 2.85. The Morgan fingerprint density at radius 3 is 2.35 bits per heavy atom. The molecule has 0 saturated heterocycles. The Kier molecular flexibility index (Phi) is 4.10. The van der Waals surface area contributed by atoms with Gasteiger partial charge in [0.1, 0.15) is 0 Å². The number of rotatable bonds is 4. The van der Waals surface area contributed by atoms with Crippen molar-refractivity contribution >= 4 is 23.3 Å². The van der Waals surface area contributed by atoms with Gasteiger partial charge in [0.25, 0.3) is 5.69 Å². The summed E-state index contributed by atoms with van der Waals surface area (Å²) < 4.78 is 0. The average molecular weight is 269 g/mol. The number of anilines is 1. The van der Waals surface area contributed by atoms with Crippen LogP contribution in [0.3, 0.4) is 0 Å². The SMILES string of the molecule is CN(C)c1ccc(/N=C/c2ccccc2[N+](=O)[O-])cc1. The van der Waals surface area contributed by atoms with Crippen LogP contribution < -0.4 is 4.90 Å². The van der Waals surface area contributed by atoms with E-state index in [9.17, 15) is 10.1 Å². The third kappa shape index (κ3) is 3.20. The smallest absolute Gasteiger partial charge is 0.278 e. The van der Waals surface area contributed by atoms with Gasteiger partial charge in [-0.1, -0.05) is 12.1 Å². The van der Waals surface area contributed by atoms with Gasteiger partial charge in [0.05, 0.1) is 16.2 Å². The number of hydrogen-bond donors (Lipinski definition) is 0. The number of benzene rings is 2. The van der Waals surface area contributed by atoms with Crippen LogP contribution in [0.25, 0.3) is 0 Å². The number of nitro benzene ring substituents is 1. The highest BCUT2D eigenvalue weighted by Gasteiger charge is 2.09. The average Bonchev–Trinajstić information content (AvgIpc) is 2.45. The van der Waals surface area contributed by atoms with Crippen LogP contribution in [0, 0.1) is 10.1 Å². The molecule has 20 heavy (non-hydrogen) atoms. The van der Waals surface area contributed by atoms with Crippen LogP contribution in [-0.4, -0.2) is 25.2 Å². The molecule has 0 bridgehead atoms. The van der Waals surface area contributed by atoms with E-state index in [4.69, 9.17) is 0 Å². The van der Waals surface area contributed by atoms with Gasteiger partial charge in [-0.15, -0.1) is 0 Å². The number of nitrogens with zero attached hydrogens (tertiary/aromatic N) is 3. The maximum absolute atomic E-state index is 10.9. The third-order valence-electron chi connectivity index (χ3n) is 2.85. The summed E-state index contributed by atoms with van der Waals surface area (Å²) in [6, 6.07) is 14.2. The number of hydrogen-bond acceptors (Lipinski definition) is 4. The monoisotopic (exact) mass is 269 g/mol. The van der Waals surface area contributed by atoms with Gasteiger partial charge >= 0.3 is 0 Å². The molecule has 0 aromatic heterocycles. The van der Waals surface area contributed by atoms with E-state index in [0.717, 1.165) is 11.4 Å². The first-order chi connectivity index (χ1) is 9.58. The Morgan fingerprint density at radius 1 is 1.10 bits per heavy atom. The van der Waals surface area contributed by atoms with E-state index < -0.39 is 4.92 Å². The Labute approximate surface area is 117 Å². The molecule has 2 aromatic carbocycles. The largest absolute Gasteiger partial charge is 0.378 e. The molecule has 0 unspecified atom stereocenters. The summed E-state index contributed by atoms with van der Waals surface area (Å²) in [6.45, 7) is 0. The van der Waals surface area contributed by atoms with Crippen molar-refractivity contribution < 1.29 is 4.92 Å². The van der Waals surface area contributed by atoms with Crippen molar-refractivity contribution in [1.82, 2.24) is 0 Å². The molecule has 0 aliphatic heterocycles. The van der Waals surface area contributed by atoms with Crippen LogP contribution in [0.1, 0.15) is 5.56 Å². The second-order valence-electron chi connectivity index (χ2n) is 4.48. The van der Waals surface area contributed by atoms with Crippen LogP contribution in [0.2, 0.25) is 0 Å². The van der Waals surface area contributed by atoms with Gasteiger partial charge in [-0.2, -0.15) is 0 Å². The summed E-state index contributed by atoms with van der Waals surface area (Å²) in [5.41, 5.74) is 2.39. The summed E-state index contributed by atoms with van der Waals surface area (Å²) in [6.07, 6.45) is 1.52. The highest BCUT2D eigenvalue weighted by molar-refractivity contribution is 5.87. The Balaban J connectivity index is 2.23. The maximum Gasteiger partial charge on any atom is 0.278 e. The summed E-state index contributed by atoms with van der Waals surface area (Å²) in [5.74, 6) is 0. The van der Waals surface area contributed by atoms with Crippen molar-refractivity contribution in [2.24, 2.45) is 4.99 Å². The van der Waals surface area contributed by atoms with E-state index >= 15 is 0 Å². The molecule has 0 amide bonds. The fourth-order valence-electron chi connectivity index (χ4n) is 1.74. The summed E-state index contributed by atoms with van der Waals surface area (Å²) in [5, 5.41) is 10.9. The highest BCUT2D eigenvalue weighted by Crippen LogP contribution is 2.20. The van der Waals surface area contributed by atoms with Crippen LogP contribution in [0.5, 0.6) is 0 Å². The Morgan fingerprint density at radius 2 is 1.75 bits per heavy atom. The van der Waals surface area contributed by atoms with E-state index in [1.54, 1.807) is 18.2 Å². The topological polar surface area (TPSA) is 58.7 Å². The fourth-order valence-corrected chi connectivity index (χ4v) is 1.74. The van der Waals surface area contributed by atoms with Gasteiger partial charge in [0.15, 0.2) is 0 Å². The van der Waals surface area contributed by atoms with Crippen LogP contribution in [-0.2, 0) is 0 Å². The first kappa shape index (κ1) is 13.7. The minimum Gasteiger partial charge on any atom is -0.378 e. The molecule has 2 aromatic rings. The van der Waals surface area contributed by atoms with Crippen molar-refractivity contribution in [2.75, 3.05) is 19.0 Å². The molecule has 0 spiro atoms. The molecule has 0 N–H and O–H groups in total. The molecule has 102 valence electrons. The normalized spacial score (nSPS) is 10.7. The van der Waals surface area contributed by atoms with Crippen molar-refractivity contribution in [2.45, 2.75) is 0 Å². The van der Waals surface area contributed by atoms with Crippen molar-refractivity contribution in [3.8, 4) is 0 Å². The highest BCUT2D eigenvalue weighted by atomic mass is 16.6. The summed E-state index contributed by atoms with van der Waals surface area (Å²) in [7, 11) is 3.93. The molecule has 2 rings (SSSR count). The molecule has 5 heteroatoms. The fraction of sp³-hybridized carbons (Fsp3) is 0.133. The lowest BCUT2D eigenvalue weighted by Gasteiger charge is -2.11. The van der Waals surface area contributed by atoms with Gasteiger partial charge in [-0.3, -0.25) is 15.1 Å². The molecule has 0 fully saturated rings. The van der Waals surface area contributed by atoms with Crippen LogP contribution in [0.15, 0.2) is 53.5 Å². The van der Waals surface area contributed by atoms with E-state index in [1.165, 1.54) is 12.3 Å². The van der Waals surface area contributed by atoms with Gasteiger partial charge in [-0.05, 0) is 30.3 Å². The minimum atomic E-state index is -0.406. The summed E-state index contributed by atoms with van der Waals surface area (Å²) in [4.78, 5) is 16.8. The molecule has 5 nitrogen and oxygen atoms in total. The molecule has 0 atom stereocenters. The predicted octanol–water partition coefficient (Wildman–Crippen LogP) is 3.41. The standard InChI is InChI=1S/C15H15N3O2/c1-17(2)14-9-7-13(8-10-14)16-11-12-5-3-4-6-15(12)18(19)20/h3-11H,1-2H3/b16-11+. The van der Waals surface area contributed by atoms with Gasteiger partial charge in [0.2, 0.25) is 0 Å². The first-order valence-electron chi connectivity index (χ1n) is 6.13. The maximum atomic E-state index is 10.9. The Bertz CT molecular complexity index is 634.